The molecule has 6 nitrogen and oxygen atoms in total. The number of rotatable bonds is 4. The molecular weight excluding hydrogens is 401 g/mol. The van der Waals surface area contributed by atoms with Gasteiger partial charge < -0.3 is 9.73 Å². The zero-order chi connectivity index (χ0) is 19.7. The topological polar surface area (TPSA) is 88.0 Å². The Morgan fingerprint density at radius 1 is 1.11 bits per heavy atom. The normalized spacial score (nSPS) is 10.9. The van der Waals surface area contributed by atoms with Crippen LogP contribution in [0.5, 0.6) is 0 Å². The molecule has 2 aromatic carbocycles. The van der Waals surface area contributed by atoms with Gasteiger partial charge in [0, 0.05) is 27.5 Å². The molecular formula is C20H13Cl2N3O3. The molecule has 4 aromatic rings. The summed E-state index contributed by atoms with van der Waals surface area (Å²) in [6.45, 7) is 0. The predicted octanol–water partition coefficient (Wildman–Crippen LogP) is 4.67. The van der Waals surface area contributed by atoms with Crippen LogP contribution < -0.4 is 10.9 Å². The molecule has 0 saturated carbocycles. The smallest absolute Gasteiger partial charge is 0.291 e. The maximum absolute atomic E-state index is 12.3. The number of halogens is 2. The van der Waals surface area contributed by atoms with Crippen molar-refractivity contribution < 1.29 is 9.21 Å². The molecule has 0 saturated heterocycles. The summed E-state index contributed by atoms with van der Waals surface area (Å²) >= 11 is 12.2. The largest absolute Gasteiger partial charge is 0.459 e. The first kappa shape index (κ1) is 18.3. The van der Waals surface area contributed by atoms with E-state index in [0.29, 0.717) is 38.6 Å². The number of H-pyrrole nitrogens is 1. The summed E-state index contributed by atoms with van der Waals surface area (Å²) in [5.74, 6) is -0.218. The van der Waals surface area contributed by atoms with E-state index in [9.17, 15) is 9.59 Å². The van der Waals surface area contributed by atoms with Crippen molar-refractivity contribution in [2.45, 2.75) is 6.42 Å². The molecule has 2 heterocycles. The van der Waals surface area contributed by atoms with E-state index in [1.54, 1.807) is 42.5 Å². The number of anilines is 1. The molecule has 0 unspecified atom stereocenters. The molecule has 0 bridgehead atoms. The van der Waals surface area contributed by atoms with E-state index in [1.807, 2.05) is 6.07 Å². The highest BCUT2D eigenvalue weighted by Gasteiger charge is 2.13. The minimum atomic E-state index is -0.400. The number of benzene rings is 2. The van der Waals surface area contributed by atoms with Crippen molar-refractivity contribution in [3.63, 3.8) is 0 Å². The highest BCUT2D eigenvalue weighted by atomic mass is 35.5. The fourth-order valence-corrected chi connectivity index (χ4v) is 3.36. The van der Waals surface area contributed by atoms with Crippen LogP contribution in [0.3, 0.4) is 0 Å². The van der Waals surface area contributed by atoms with E-state index < -0.39 is 5.91 Å². The van der Waals surface area contributed by atoms with Crippen molar-refractivity contribution in [1.29, 1.82) is 0 Å². The number of hydrogen-bond donors (Lipinski definition) is 2. The minimum Gasteiger partial charge on any atom is -0.459 e. The van der Waals surface area contributed by atoms with E-state index >= 15 is 0 Å². The van der Waals surface area contributed by atoms with Crippen LogP contribution >= 0.6 is 23.2 Å². The number of hydrogen-bond acceptors (Lipinski definition) is 4. The summed E-state index contributed by atoms with van der Waals surface area (Å²) in [5.41, 5.74) is 1.61. The zero-order valence-corrected chi connectivity index (χ0v) is 15.8. The van der Waals surface area contributed by atoms with Gasteiger partial charge in [-0.1, -0.05) is 35.3 Å². The fourth-order valence-electron chi connectivity index (χ4n) is 2.88. The zero-order valence-electron chi connectivity index (χ0n) is 14.3. The summed E-state index contributed by atoms with van der Waals surface area (Å²) in [6.07, 6.45) is 1.83. The van der Waals surface area contributed by atoms with Gasteiger partial charge in [0.2, 0.25) is 0 Å². The summed E-state index contributed by atoms with van der Waals surface area (Å²) in [6, 6.07) is 13.5. The number of nitrogens with one attached hydrogen (secondary N) is 2. The van der Waals surface area contributed by atoms with Crippen LogP contribution in [-0.4, -0.2) is 16.1 Å². The maximum atomic E-state index is 12.3. The average Bonchev–Trinajstić information content (AvgIpc) is 3.21. The third kappa shape index (κ3) is 3.65. The van der Waals surface area contributed by atoms with Crippen LogP contribution in [0.2, 0.25) is 10.0 Å². The molecule has 1 amide bonds. The Morgan fingerprint density at radius 3 is 2.71 bits per heavy atom. The molecule has 0 aliphatic carbocycles. The van der Waals surface area contributed by atoms with Crippen LogP contribution in [0.15, 0.2) is 64.0 Å². The molecule has 0 aliphatic heterocycles. The number of carbonyl (C=O) groups is 1. The lowest BCUT2D eigenvalue weighted by Crippen LogP contribution is -2.14. The first-order chi connectivity index (χ1) is 13.5. The summed E-state index contributed by atoms with van der Waals surface area (Å²) in [4.78, 5) is 24.4. The van der Waals surface area contributed by atoms with Gasteiger partial charge in [0.1, 0.15) is 0 Å². The highest BCUT2D eigenvalue weighted by molar-refractivity contribution is 6.35. The molecule has 2 N–H and O–H groups in total. The van der Waals surface area contributed by atoms with Gasteiger partial charge in [0.05, 0.1) is 17.3 Å². The monoisotopic (exact) mass is 413 g/mol. The van der Waals surface area contributed by atoms with Crippen LogP contribution in [0, 0.1) is 0 Å². The Balaban J connectivity index is 1.69. The fraction of sp³-hybridized carbons (Fsp3) is 0.0500. The van der Waals surface area contributed by atoms with Crippen molar-refractivity contribution >= 4 is 45.6 Å². The van der Waals surface area contributed by atoms with Gasteiger partial charge in [0.25, 0.3) is 11.5 Å². The molecule has 2 aromatic heterocycles. The molecule has 0 aliphatic rings. The molecule has 0 spiro atoms. The third-order valence-corrected chi connectivity index (χ3v) is 4.83. The van der Waals surface area contributed by atoms with Crippen molar-refractivity contribution in [1.82, 2.24) is 10.2 Å². The number of amides is 1. The van der Waals surface area contributed by atoms with E-state index in [1.165, 1.54) is 6.26 Å². The molecule has 28 heavy (non-hydrogen) atoms. The Labute approximate surface area is 169 Å². The van der Waals surface area contributed by atoms with Crippen molar-refractivity contribution in [3.05, 3.63) is 92.2 Å². The Hall–Kier alpha value is -3.09. The number of aromatic nitrogens is 2. The first-order valence-electron chi connectivity index (χ1n) is 8.31. The SMILES string of the molecule is O=C(Nc1ccc2c(Cc3ccc(Cl)cc3Cl)n[nH]c(=O)c2c1)c1ccco1. The van der Waals surface area contributed by atoms with Crippen molar-refractivity contribution in [3.8, 4) is 0 Å². The molecule has 0 fully saturated rings. The van der Waals surface area contributed by atoms with E-state index in [-0.39, 0.29) is 11.3 Å². The van der Waals surface area contributed by atoms with Gasteiger partial charge in [-0.3, -0.25) is 9.59 Å². The lowest BCUT2D eigenvalue weighted by molar-refractivity contribution is 0.0996. The Morgan fingerprint density at radius 2 is 1.96 bits per heavy atom. The molecule has 8 heteroatoms. The molecule has 0 radical (unpaired) electrons. The lowest BCUT2D eigenvalue weighted by atomic mass is 10.0. The first-order valence-corrected chi connectivity index (χ1v) is 9.07. The van der Waals surface area contributed by atoms with Gasteiger partial charge in [0.15, 0.2) is 5.76 Å². The summed E-state index contributed by atoms with van der Waals surface area (Å²) in [7, 11) is 0. The second-order valence-corrected chi connectivity index (χ2v) is 6.95. The van der Waals surface area contributed by atoms with Crippen LogP contribution in [0.25, 0.3) is 10.8 Å². The van der Waals surface area contributed by atoms with Crippen LogP contribution in [0.1, 0.15) is 21.8 Å². The minimum absolute atomic E-state index is 0.182. The summed E-state index contributed by atoms with van der Waals surface area (Å²) in [5, 5.41) is 11.5. The lowest BCUT2D eigenvalue weighted by Gasteiger charge is -2.09. The number of carbonyl (C=O) groups excluding carboxylic acids is 1. The number of nitrogens with zero attached hydrogens (tertiary/aromatic N) is 1. The quantitative estimate of drug-likeness (QED) is 0.508. The molecule has 4 rings (SSSR count). The van der Waals surface area contributed by atoms with Crippen molar-refractivity contribution in [2.75, 3.05) is 5.32 Å². The number of aromatic amines is 1. The van der Waals surface area contributed by atoms with Gasteiger partial charge in [-0.15, -0.1) is 0 Å². The third-order valence-electron chi connectivity index (χ3n) is 4.24. The second kappa shape index (κ2) is 7.50. The Kier molecular flexibility index (Phi) is 4.90. The van der Waals surface area contributed by atoms with Gasteiger partial charge in [-0.2, -0.15) is 5.10 Å². The predicted molar refractivity (Wildman–Crippen MR) is 108 cm³/mol. The van der Waals surface area contributed by atoms with Gasteiger partial charge >= 0.3 is 0 Å². The number of fused-ring (bicyclic) bond motifs is 1. The standard InChI is InChI=1S/C20H13Cl2N3O3/c21-12-4-3-11(16(22)9-12)8-17-14-6-5-13(10-15(14)19(26)25-24-17)23-20(27)18-2-1-7-28-18/h1-7,9-10H,8H2,(H,23,27)(H,25,26). The number of furan rings is 1. The van der Waals surface area contributed by atoms with Gasteiger partial charge in [-0.25, -0.2) is 5.10 Å². The molecule has 140 valence electrons. The Bertz CT molecular complexity index is 1230. The van der Waals surface area contributed by atoms with Crippen molar-refractivity contribution in [2.24, 2.45) is 0 Å². The summed E-state index contributed by atoms with van der Waals surface area (Å²) < 4.78 is 5.07. The maximum Gasteiger partial charge on any atom is 0.291 e. The van der Waals surface area contributed by atoms with Crippen LogP contribution in [-0.2, 0) is 6.42 Å². The van der Waals surface area contributed by atoms with E-state index in [4.69, 9.17) is 27.6 Å². The van der Waals surface area contributed by atoms with Gasteiger partial charge in [-0.05, 0) is 42.0 Å². The molecule has 0 atom stereocenters. The van der Waals surface area contributed by atoms with Crippen LogP contribution in [0.4, 0.5) is 5.69 Å². The van der Waals surface area contributed by atoms with E-state index in [2.05, 4.69) is 15.5 Å². The average molecular weight is 414 g/mol. The second-order valence-electron chi connectivity index (χ2n) is 6.10. The highest BCUT2D eigenvalue weighted by Crippen LogP contribution is 2.26. The van der Waals surface area contributed by atoms with E-state index in [0.717, 1.165) is 5.56 Å².